The zero-order chi connectivity index (χ0) is 8.43. The van der Waals surface area contributed by atoms with Crippen LogP contribution in [0.5, 0.6) is 0 Å². The zero-order valence-electron chi connectivity index (χ0n) is 5.24. The maximum atomic E-state index is 5.81. The Labute approximate surface area is 87.8 Å². The molecule has 0 unspecified atom stereocenters. The average Bonchev–Trinajstić information content (AvgIpc) is 1.99. The van der Waals surface area contributed by atoms with E-state index in [0.717, 1.165) is 5.56 Å². The van der Waals surface area contributed by atoms with E-state index in [-0.39, 0.29) is 0 Å². The van der Waals surface area contributed by atoms with Crippen LogP contribution in [-0.2, 0) is 5.33 Å². The van der Waals surface area contributed by atoms with E-state index in [1.54, 1.807) is 0 Å². The number of halogens is 4. The van der Waals surface area contributed by atoms with Gasteiger partial charge in [0.1, 0.15) is 5.15 Å². The molecule has 5 heteroatoms. The van der Waals surface area contributed by atoms with E-state index < -0.39 is 0 Å². The van der Waals surface area contributed by atoms with Crippen molar-refractivity contribution in [2.75, 3.05) is 0 Å². The number of hydrogen-bond acceptors (Lipinski definition) is 1. The first kappa shape index (κ1) is 9.59. The molecule has 1 rings (SSSR count). The Balaban J connectivity index is 3.29. The molecule has 1 aromatic rings. The molecule has 0 aromatic carbocycles. The Hall–Kier alpha value is 0.500. The van der Waals surface area contributed by atoms with Crippen LogP contribution in [0.3, 0.4) is 0 Å². The summed E-state index contributed by atoms with van der Waals surface area (Å²) in [4.78, 5) is 3.83. The first-order valence-corrected chi connectivity index (χ1v) is 4.96. The molecular formula is C6H3BrCl3N. The molecule has 60 valence electrons. The number of pyridine rings is 1. The summed E-state index contributed by atoms with van der Waals surface area (Å²) in [5.41, 5.74) is 0.723. The number of alkyl halides is 1. The second kappa shape index (κ2) is 3.94. The third kappa shape index (κ3) is 2.00. The molecular weight excluding hydrogens is 272 g/mol. The molecule has 0 aliphatic rings. The van der Waals surface area contributed by atoms with Crippen LogP contribution in [0.1, 0.15) is 5.56 Å². The fraction of sp³-hybridized carbons (Fsp3) is 0.167. The van der Waals surface area contributed by atoms with Crippen molar-refractivity contribution in [3.05, 3.63) is 27.0 Å². The molecule has 1 nitrogen and oxygen atoms in total. The third-order valence-corrected chi connectivity index (χ3v) is 2.85. The van der Waals surface area contributed by atoms with Crippen molar-refractivity contribution in [2.45, 2.75) is 5.33 Å². The number of nitrogens with zero attached hydrogens (tertiary/aromatic N) is 1. The predicted octanol–water partition coefficient (Wildman–Crippen LogP) is 3.94. The third-order valence-electron chi connectivity index (χ3n) is 1.15. The van der Waals surface area contributed by atoms with Crippen LogP contribution in [0, 0.1) is 0 Å². The van der Waals surface area contributed by atoms with Gasteiger partial charge in [0.2, 0.25) is 0 Å². The molecule has 1 heterocycles. The number of aromatic nitrogens is 1. The average molecular weight is 275 g/mol. The minimum atomic E-state index is 0.385. The maximum absolute atomic E-state index is 5.81. The van der Waals surface area contributed by atoms with Gasteiger partial charge in [0.25, 0.3) is 0 Å². The second-order valence-corrected chi connectivity index (χ2v) is 3.53. The van der Waals surface area contributed by atoms with Gasteiger partial charge in [0.15, 0.2) is 0 Å². The molecule has 0 saturated heterocycles. The van der Waals surface area contributed by atoms with Crippen molar-refractivity contribution in [1.29, 1.82) is 0 Å². The van der Waals surface area contributed by atoms with Crippen molar-refractivity contribution in [3.8, 4) is 0 Å². The van der Waals surface area contributed by atoms with Crippen LogP contribution in [-0.4, -0.2) is 4.98 Å². The lowest BCUT2D eigenvalue weighted by Gasteiger charge is -2.02. The van der Waals surface area contributed by atoms with Crippen LogP contribution in [0.25, 0.3) is 0 Å². The van der Waals surface area contributed by atoms with Crippen molar-refractivity contribution in [3.63, 3.8) is 0 Å². The van der Waals surface area contributed by atoms with Crippen LogP contribution < -0.4 is 0 Å². The molecule has 1 aromatic heterocycles. The van der Waals surface area contributed by atoms with Gasteiger partial charge >= 0.3 is 0 Å². The lowest BCUT2D eigenvalue weighted by Crippen LogP contribution is -1.86. The van der Waals surface area contributed by atoms with E-state index in [9.17, 15) is 0 Å². The van der Waals surface area contributed by atoms with Crippen molar-refractivity contribution in [1.82, 2.24) is 4.98 Å². The van der Waals surface area contributed by atoms with Gasteiger partial charge in [-0.15, -0.1) is 0 Å². The van der Waals surface area contributed by atoms with Crippen molar-refractivity contribution >= 4 is 50.7 Å². The topological polar surface area (TPSA) is 12.9 Å². The smallest absolute Gasteiger partial charge is 0.134 e. The minimum absolute atomic E-state index is 0.385. The van der Waals surface area contributed by atoms with Gasteiger partial charge in [0.05, 0.1) is 10.0 Å². The summed E-state index contributed by atoms with van der Waals surface area (Å²) in [6, 6.07) is 0. The maximum Gasteiger partial charge on any atom is 0.134 e. The monoisotopic (exact) mass is 273 g/mol. The molecule has 0 spiro atoms. The zero-order valence-corrected chi connectivity index (χ0v) is 9.10. The summed E-state index contributed by atoms with van der Waals surface area (Å²) in [5, 5.41) is 1.82. The Morgan fingerprint density at radius 3 is 2.45 bits per heavy atom. The second-order valence-electron chi connectivity index (χ2n) is 1.82. The minimum Gasteiger partial charge on any atom is -0.243 e. The lowest BCUT2D eigenvalue weighted by atomic mass is 10.3. The fourth-order valence-corrected chi connectivity index (χ4v) is 2.09. The van der Waals surface area contributed by atoms with E-state index in [4.69, 9.17) is 34.8 Å². The fourth-order valence-electron chi connectivity index (χ4n) is 0.596. The van der Waals surface area contributed by atoms with Gasteiger partial charge in [-0.1, -0.05) is 50.7 Å². The SMILES string of the molecule is Clc1cnc(Cl)c(CBr)c1Cl. The Morgan fingerprint density at radius 2 is 2.00 bits per heavy atom. The normalized spacial score (nSPS) is 10.2. The van der Waals surface area contributed by atoms with Gasteiger partial charge in [-0.2, -0.15) is 0 Å². The Bertz CT molecular complexity index is 277. The number of hydrogen-bond donors (Lipinski definition) is 0. The van der Waals surface area contributed by atoms with E-state index >= 15 is 0 Å². The van der Waals surface area contributed by atoms with Gasteiger partial charge in [-0.25, -0.2) is 4.98 Å². The van der Waals surface area contributed by atoms with Gasteiger partial charge < -0.3 is 0 Å². The van der Waals surface area contributed by atoms with E-state index in [0.29, 0.717) is 20.5 Å². The Kier molecular flexibility index (Phi) is 3.44. The molecule has 0 aliphatic carbocycles. The molecule has 11 heavy (non-hydrogen) atoms. The van der Waals surface area contributed by atoms with Crippen molar-refractivity contribution < 1.29 is 0 Å². The lowest BCUT2D eigenvalue weighted by molar-refractivity contribution is 1.26. The summed E-state index contributed by atoms with van der Waals surface area (Å²) in [7, 11) is 0. The Morgan fingerprint density at radius 1 is 1.36 bits per heavy atom. The summed E-state index contributed by atoms with van der Waals surface area (Å²) < 4.78 is 0. The van der Waals surface area contributed by atoms with Crippen molar-refractivity contribution in [2.24, 2.45) is 0 Å². The van der Waals surface area contributed by atoms with Gasteiger partial charge in [-0.3, -0.25) is 0 Å². The van der Waals surface area contributed by atoms with Gasteiger partial charge in [0, 0.05) is 17.1 Å². The van der Waals surface area contributed by atoms with E-state index in [1.165, 1.54) is 6.20 Å². The predicted molar refractivity (Wildman–Crippen MR) is 51.9 cm³/mol. The quantitative estimate of drug-likeness (QED) is 0.559. The van der Waals surface area contributed by atoms with Crippen LogP contribution in [0.4, 0.5) is 0 Å². The van der Waals surface area contributed by atoms with Crippen LogP contribution >= 0.6 is 50.7 Å². The van der Waals surface area contributed by atoms with Gasteiger partial charge in [-0.05, 0) is 0 Å². The summed E-state index contributed by atoms with van der Waals surface area (Å²) in [6.07, 6.45) is 1.43. The van der Waals surface area contributed by atoms with Crippen LogP contribution in [0.2, 0.25) is 15.2 Å². The largest absolute Gasteiger partial charge is 0.243 e. The van der Waals surface area contributed by atoms with E-state index in [2.05, 4.69) is 20.9 Å². The summed E-state index contributed by atoms with van der Waals surface area (Å²) in [5.74, 6) is 0. The highest BCUT2D eigenvalue weighted by molar-refractivity contribution is 9.08. The molecule has 0 aliphatic heterocycles. The molecule has 0 bridgehead atoms. The molecule has 0 atom stereocenters. The number of rotatable bonds is 1. The molecule has 0 saturated carbocycles. The molecule has 0 radical (unpaired) electrons. The summed E-state index contributed by atoms with van der Waals surface area (Å²) in [6.45, 7) is 0. The first-order chi connectivity index (χ1) is 5.16. The first-order valence-electron chi connectivity index (χ1n) is 2.71. The standard InChI is InChI=1S/C6H3BrCl3N/c7-1-3-5(9)4(8)2-11-6(3)10/h2H,1H2. The molecule has 0 N–H and O–H groups in total. The highest BCUT2D eigenvalue weighted by Crippen LogP contribution is 2.30. The molecule has 0 fully saturated rings. The highest BCUT2D eigenvalue weighted by Gasteiger charge is 2.08. The van der Waals surface area contributed by atoms with Crippen LogP contribution in [0.15, 0.2) is 6.20 Å². The van der Waals surface area contributed by atoms with E-state index in [1.807, 2.05) is 0 Å². The highest BCUT2D eigenvalue weighted by atomic mass is 79.9. The molecule has 0 amide bonds. The summed E-state index contributed by atoms with van der Waals surface area (Å²) >= 11 is 20.4.